The number of nitrogens with one attached hydrogen (secondary N) is 2. The maximum atomic E-state index is 9.98. The lowest BCUT2D eigenvalue weighted by atomic mass is 10.1. The number of nitrogens with zero attached hydrogens (tertiary/aromatic N) is 1. The van der Waals surface area contributed by atoms with Gasteiger partial charge < -0.3 is 15.7 Å². The van der Waals surface area contributed by atoms with Crippen LogP contribution < -0.4 is 10.6 Å². The average molecular weight is 273 g/mol. The molecule has 6 heteroatoms. The first-order valence-corrected chi connectivity index (χ1v) is 6.79. The van der Waals surface area contributed by atoms with Crippen LogP contribution in [0.15, 0.2) is 10.9 Å². The summed E-state index contributed by atoms with van der Waals surface area (Å²) in [5.41, 5.74) is 2.51. The fourth-order valence-corrected chi connectivity index (χ4v) is 2.33. The lowest BCUT2D eigenvalue weighted by Gasteiger charge is -2.26. The van der Waals surface area contributed by atoms with Gasteiger partial charge in [0.25, 0.3) is 0 Å². The van der Waals surface area contributed by atoms with E-state index in [0.29, 0.717) is 5.11 Å². The molecular weight excluding hydrogens is 254 g/mol. The molecule has 0 radical (unpaired) electrons. The Labute approximate surface area is 111 Å². The van der Waals surface area contributed by atoms with E-state index in [4.69, 9.17) is 12.2 Å². The van der Waals surface area contributed by atoms with E-state index < -0.39 is 6.23 Å². The van der Waals surface area contributed by atoms with Crippen molar-refractivity contribution >= 4 is 28.7 Å². The average Bonchev–Trinajstić information content (AvgIpc) is 2.65. The Kier molecular flexibility index (Phi) is 4.85. The molecule has 1 aromatic rings. The number of thiocarbonyl (C=S) groups is 1. The molecule has 0 saturated carbocycles. The summed E-state index contributed by atoms with van der Waals surface area (Å²) in [6.45, 7) is 7.94. The molecule has 0 aliphatic heterocycles. The summed E-state index contributed by atoms with van der Waals surface area (Å²) in [6, 6.07) is 0. The first-order chi connectivity index (χ1) is 7.79. The van der Waals surface area contributed by atoms with Crippen molar-refractivity contribution in [3.63, 3.8) is 0 Å². The van der Waals surface area contributed by atoms with E-state index in [0.717, 1.165) is 5.69 Å². The van der Waals surface area contributed by atoms with Crippen LogP contribution in [0.1, 0.15) is 39.3 Å². The molecule has 1 heterocycles. The molecule has 96 valence electrons. The van der Waals surface area contributed by atoms with Crippen molar-refractivity contribution in [1.29, 1.82) is 0 Å². The van der Waals surface area contributed by atoms with Crippen LogP contribution in [-0.2, 0) is 0 Å². The zero-order valence-corrected chi connectivity index (χ0v) is 12.2. The number of rotatable bonds is 3. The third kappa shape index (κ3) is 4.97. The van der Waals surface area contributed by atoms with E-state index in [1.54, 1.807) is 5.51 Å². The molecule has 0 fully saturated rings. The van der Waals surface area contributed by atoms with E-state index in [-0.39, 0.29) is 11.5 Å². The minimum atomic E-state index is -0.737. The summed E-state index contributed by atoms with van der Waals surface area (Å²) in [6.07, 6.45) is -0.737. The van der Waals surface area contributed by atoms with Gasteiger partial charge in [0.05, 0.1) is 11.2 Å². The van der Waals surface area contributed by atoms with Crippen LogP contribution in [0.2, 0.25) is 0 Å². The van der Waals surface area contributed by atoms with E-state index in [1.165, 1.54) is 11.3 Å². The van der Waals surface area contributed by atoms with Crippen molar-refractivity contribution in [1.82, 2.24) is 15.6 Å². The van der Waals surface area contributed by atoms with Gasteiger partial charge in [-0.1, -0.05) is 6.92 Å². The Morgan fingerprint density at radius 3 is 2.65 bits per heavy atom. The Balaban J connectivity index is 2.49. The minimum absolute atomic E-state index is 0.0963. The number of hydrogen-bond acceptors (Lipinski definition) is 4. The van der Waals surface area contributed by atoms with Crippen molar-refractivity contribution in [3.05, 3.63) is 16.6 Å². The molecule has 0 aliphatic carbocycles. The molecule has 4 nitrogen and oxygen atoms in total. The van der Waals surface area contributed by atoms with Crippen LogP contribution in [0.25, 0.3) is 0 Å². The predicted octanol–water partition coefficient (Wildman–Crippen LogP) is 1.83. The number of aliphatic hydroxyl groups is 1. The fourth-order valence-electron chi connectivity index (χ4n) is 1.24. The highest BCUT2D eigenvalue weighted by molar-refractivity contribution is 7.80. The summed E-state index contributed by atoms with van der Waals surface area (Å²) in [5, 5.41) is 18.3. The van der Waals surface area contributed by atoms with Gasteiger partial charge in [-0.25, -0.2) is 4.98 Å². The summed E-state index contributed by atoms with van der Waals surface area (Å²) in [4.78, 5) is 4.17. The van der Waals surface area contributed by atoms with Gasteiger partial charge in [-0.05, 0) is 33.0 Å². The molecule has 3 N–H and O–H groups in total. The summed E-state index contributed by atoms with van der Waals surface area (Å²) >= 11 is 6.64. The Morgan fingerprint density at radius 1 is 1.53 bits per heavy atom. The van der Waals surface area contributed by atoms with Crippen molar-refractivity contribution in [2.75, 3.05) is 0 Å². The molecule has 1 unspecified atom stereocenters. The molecule has 0 amide bonds. The summed E-state index contributed by atoms with van der Waals surface area (Å²) in [5.74, 6) is -0.0963. The zero-order valence-electron chi connectivity index (χ0n) is 10.5. The molecule has 17 heavy (non-hydrogen) atoms. The molecule has 0 spiro atoms. The van der Waals surface area contributed by atoms with Gasteiger partial charge in [-0.15, -0.1) is 11.3 Å². The van der Waals surface area contributed by atoms with Gasteiger partial charge in [0.15, 0.2) is 5.11 Å². The van der Waals surface area contributed by atoms with Gasteiger partial charge in [0.1, 0.15) is 6.23 Å². The van der Waals surface area contributed by atoms with E-state index in [9.17, 15) is 5.11 Å². The first-order valence-electron chi connectivity index (χ1n) is 5.44. The van der Waals surface area contributed by atoms with E-state index >= 15 is 0 Å². The Morgan fingerprint density at radius 2 is 2.18 bits per heavy atom. The highest BCUT2D eigenvalue weighted by Crippen LogP contribution is 2.17. The van der Waals surface area contributed by atoms with Crippen molar-refractivity contribution in [3.8, 4) is 0 Å². The fraction of sp³-hybridized carbons (Fsp3) is 0.636. The number of hydrogen-bond donors (Lipinski definition) is 3. The van der Waals surface area contributed by atoms with Gasteiger partial charge in [-0.2, -0.15) is 0 Å². The molecule has 0 saturated heterocycles. The van der Waals surface area contributed by atoms with Crippen LogP contribution >= 0.6 is 23.6 Å². The molecule has 2 atom stereocenters. The first kappa shape index (κ1) is 14.3. The predicted molar refractivity (Wildman–Crippen MR) is 75.2 cm³/mol. The third-order valence-electron chi connectivity index (χ3n) is 2.16. The van der Waals surface area contributed by atoms with Crippen molar-refractivity contribution < 1.29 is 5.11 Å². The van der Waals surface area contributed by atoms with E-state index in [2.05, 4.69) is 15.6 Å². The third-order valence-corrected chi connectivity index (χ3v) is 2.98. The number of aromatic nitrogens is 1. The second kappa shape index (κ2) is 5.75. The van der Waals surface area contributed by atoms with Gasteiger partial charge >= 0.3 is 0 Å². The van der Waals surface area contributed by atoms with Gasteiger partial charge in [0.2, 0.25) is 0 Å². The van der Waals surface area contributed by atoms with Gasteiger partial charge in [-0.3, -0.25) is 0 Å². The SMILES string of the molecule is CC(c1cscn1)[C@@H](O)NC(=S)NC(C)(C)C. The molecule has 0 aromatic carbocycles. The maximum Gasteiger partial charge on any atom is 0.168 e. The highest BCUT2D eigenvalue weighted by Gasteiger charge is 2.20. The lowest BCUT2D eigenvalue weighted by molar-refractivity contribution is 0.132. The van der Waals surface area contributed by atoms with Crippen LogP contribution in [0.4, 0.5) is 0 Å². The topological polar surface area (TPSA) is 57.2 Å². The Bertz CT molecular complexity index is 359. The second-order valence-corrected chi connectivity index (χ2v) is 6.12. The summed E-state index contributed by atoms with van der Waals surface area (Å²) in [7, 11) is 0. The van der Waals surface area contributed by atoms with Crippen LogP contribution in [-0.4, -0.2) is 27.0 Å². The molecule has 0 bridgehead atoms. The lowest BCUT2D eigenvalue weighted by Crippen LogP contribution is -2.50. The van der Waals surface area contributed by atoms with Crippen LogP contribution in [0, 0.1) is 0 Å². The minimum Gasteiger partial charge on any atom is -0.373 e. The van der Waals surface area contributed by atoms with Crippen molar-refractivity contribution in [2.45, 2.75) is 45.4 Å². The quantitative estimate of drug-likeness (QED) is 0.579. The molecule has 1 rings (SSSR count). The standard InChI is InChI=1S/C11H19N3OS2/c1-7(8-5-17-6-12-8)9(15)13-10(16)14-11(2,3)4/h5-7,9,15H,1-4H3,(H2,13,14,16)/t7?,9-/m1/s1. The monoisotopic (exact) mass is 273 g/mol. The van der Waals surface area contributed by atoms with Gasteiger partial charge in [0, 0.05) is 16.8 Å². The number of thiazole rings is 1. The molecular formula is C11H19N3OS2. The van der Waals surface area contributed by atoms with Crippen LogP contribution in [0.3, 0.4) is 0 Å². The second-order valence-electron chi connectivity index (χ2n) is 5.00. The molecule has 1 aromatic heterocycles. The normalized spacial score (nSPS) is 15.1. The zero-order chi connectivity index (χ0) is 13.1. The number of aliphatic hydroxyl groups excluding tert-OH is 1. The highest BCUT2D eigenvalue weighted by atomic mass is 32.1. The van der Waals surface area contributed by atoms with E-state index in [1.807, 2.05) is 33.1 Å². The smallest absolute Gasteiger partial charge is 0.168 e. The summed E-state index contributed by atoms with van der Waals surface area (Å²) < 4.78 is 0. The maximum absolute atomic E-state index is 9.98. The molecule has 0 aliphatic rings. The van der Waals surface area contributed by atoms with Crippen LogP contribution in [0.5, 0.6) is 0 Å². The largest absolute Gasteiger partial charge is 0.373 e. The Hall–Kier alpha value is -0.720. The van der Waals surface area contributed by atoms with Crippen molar-refractivity contribution in [2.24, 2.45) is 0 Å².